The van der Waals surface area contributed by atoms with Gasteiger partial charge < -0.3 is 10.1 Å². The molecule has 0 aliphatic heterocycles. The van der Waals surface area contributed by atoms with Gasteiger partial charge in [-0.2, -0.15) is 5.10 Å². The summed E-state index contributed by atoms with van der Waals surface area (Å²) in [6, 6.07) is 9.36. The normalized spacial score (nSPS) is 12.8. The zero-order valence-corrected chi connectivity index (χ0v) is 18.6. The molecule has 0 aliphatic rings. The first-order valence-corrected chi connectivity index (χ1v) is 10.5. The smallest absolute Gasteiger partial charge is 0.349 e. The molecule has 1 N–H and O–H groups in total. The first-order chi connectivity index (χ1) is 13.5. The van der Waals surface area contributed by atoms with Gasteiger partial charge in [0.2, 0.25) is 0 Å². The average molecular weight is 434 g/mol. The maximum atomic E-state index is 12.6. The van der Waals surface area contributed by atoms with E-state index >= 15 is 0 Å². The molecule has 0 bridgehead atoms. The third kappa shape index (κ3) is 4.97. The topological polar surface area (TPSA) is 73.2 Å². The van der Waals surface area contributed by atoms with Crippen molar-refractivity contribution in [2.75, 3.05) is 0 Å². The van der Waals surface area contributed by atoms with Gasteiger partial charge in [0.1, 0.15) is 9.71 Å². The van der Waals surface area contributed by atoms with Crippen LogP contribution in [0.5, 0.6) is 0 Å². The second-order valence-electron chi connectivity index (χ2n) is 7.95. The van der Waals surface area contributed by atoms with Crippen LogP contribution in [0.15, 0.2) is 30.3 Å². The van der Waals surface area contributed by atoms with Gasteiger partial charge in [-0.1, -0.05) is 29.8 Å². The summed E-state index contributed by atoms with van der Waals surface area (Å²) in [5.41, 5.74) is 1.37. The van der Waals surface area contributed by atoms with Crippen molar-refractivity contribution in [3.63, 3.8) is 0 Å². The molecule has 0 spiro atoms. The Morgan fingerprint density at radius 2 is 2.00 bits per heavy atom. The second-order valence-corrected chi connectivity index (χ2v) is 9.39. The first-order valence-electron chi connectivity index (χ1n) is 9.28. The van der Waals surface area contributed by atoms with Crippen molar-refractivity contribution < 1.29 is 14.3 Å². The van der Waals surface area contributed by atoms with Gasteiger partial charge in [-0.25, -0.2) is 4.79 Å². The van der Waals surface area contributed by atoms with Crippen molar-refractivity contribution in [2.24, 2.45) is 0 Å². The minimum atomic E-state index is -0.882. The lowest BCUT2D eigenvalue weighted by atomic mass is 10.1. The molecule has 1 amide bonds. The van der Waals surface area contributed by atoms with Crippen molar-refractivity contribution in [3.05, 3.63) is 51.5 Å². The molecule has 1 unspecified atom stereocenters. The summed E-state index contributed by atoms with van der Waals surface area (Å²) in [4.78, 5) is 26.1. The van der Waals surface area contributed by atoms with Gasteiger partial charge in [-0.3, -0.25) is 9.48 Å². The van der Waals surface area contributed by atoms with Gasteiger partial charge in [-0.15, -0.1) is 11.3 Å². The quantitative estimate of drug-likeness (QED) is 0.598. The molecule has 29 heavy (non-hydrogen) atoms. The summed E-state index contributed by atoms with van der Waals surface area (Å²) in [6.45, 7) is 9.59. The Balaban J connectivity index is 1.80. The molecule has 0 saturated heterocycles. The van der Waals surface area contributed by atoms with Crippen LogP contribution < -0.4 is 5.32 Å². The fraction of sp³-hybridized carbons (Fsp3) is 0.381. The van der Waals surface area contributed by atoms with Crippen LogP contribution in [-0.4, -0.2) is 33.3 Å². The lowest BCUT2D eigenvalue weighted by Crippen LogP contribution is -2.46. The fourth-order valence-corrected chi connectivity index (χ4v) is 4.09. The summed E-state index contributed by atoms with van der Waals surface area (Å²) >= 11 is 7.57. The van der Waals surface area contributed by atoms with Crippen molar-refractivity contribution in [1.82, 2.24) is 15.1 Å². The molecule has 2 aromatic heterocycles. The van der Waals surface area contributed by atoms with E-state index in [0.717, 1.165) is 21.5 Å². The minimum Gasteiger partial charge on any atom is -0.448 e. The number of hydrogen-bond acceptors (Lipinski definition) is 5. The summed E-state index contributed by atoms with van der Waals surface area (Å²) in [5.74, 6) is -0.848. The van der Waals surface area contributed by atoms with Gasteiger partial charge >= 0.3 is 5.97 Å². The van der Waals surface area contributed by atoms with Crippen molar-refractivity contribution in [3.8, 4) is 0 Å². The number of carbonyl (C=O) groups excluding carboxylic acids is 2. The van der Waals surface area contributed by atoms with Crippen LogP contribution in [0.1, 0.15) is 48.6 Å². The molecule has 1 atom stereocenters. The zero-order valence-electron chi connectivity index (χ0n) is 17.1. The molecule has 3 aromatic rings. The molecular weight excluding hydrogens is 410 g/mol. The van der Waals surface area contributed by atoms with Gasteiger partial charge in [0.25, 0.3) is 5.91 Å². The Morgan fingerprint density at radius 1 is 1.31 bits per heavy atom. The van der Waals surface area contributed by atoms with Gasteiger partial charge in [0, 0.05) is 15.9 Å². The highest BCUT2D eigenvalue weighted by Gasteiger charge is 2.25. The lowest BCUT2D eigenvalue weighted by molar-refractivity contribution is -0.130. The second kappa shape index (κ2) is 8.16. The number of benzene rings is 1. The largest absolute Gasteiger partial charge is 0.448 e. The highest BCUT2D eigenvalue weighted by atomic mass is 35.5. The molecule has 0 fully saturated rings. The third-order valence-corrected chi connectivity index (χ3v) is 5.73. The maximum Gasteiger partial charge on any atom is 0.349 e. The Hall–Kier alpha value is -2.38. The molecule has 0 radical (unpaired) electrons. The van der Waals surface area contributed by atoms with Gasteiger partial charge in [-0.05, 0) is 52.3 Å². The molecule has 2 heterocycles. The standard InChI is InChI=1S/C21H24ClN3O3S/c1-12-15-10-17(20(27)28-13(2)18(26)23-21(3,4)5)29-19(15)25(24-12)11-14-8-6-7-9-16(14)22/h6-10,13H,11H2,1-5H3,(H,23,26). The molecule has 0 aliphatic carbocycles. The predicted molar refractivity (Wildman–Crippen MR) is 116 cm³/mol. The highest BCUT2D eigenvalue weighted by Crippen LogP contribution is 2.30. The monoisotopic (exact) mass is 433 g/mol. The third-order valence-electron chi connectivity index (χ3n) is 4.24. The number of nitrogens with one attached hydrogen (secondary N) is 1. The number of nitrogens with zero attached hydrogens (tertiary/aromatic N) is 2. The average Bonchev–Trinajstić information content (AvgIpc) is 3.17. The van der Waals surface area contributed by atoms with Crippen LogP contribution >= 0.6 is 22.9 Å². The van der Waals surface area contributed by atoms with Crippen LogP contribution in [0.2, 0.25) is 5.02 Å². The zero-order chi connectivity index (χ0) is 21.3. The number of esters is 1. The molecular formula is C21H24ClN3O3S. The van der Waals surface area contributed by atoms with Crippen LogP contribution in [0.4, 0.5) is 0 Å². The summed E-state index contributed by atoms with van der Waals surface area (Å²) in [6.07, 6.45) is -0.882. The molecule has 1 aromatic carbocycles. The number of amides is 1. The Bertz CT molecular complexity index is 1060. The van der Waals surface area contributed by atoms with E-state index in [1.54, 1.807) is 13.0 Å². The number of ether oxygens (including phenoxy) is 1. The van der Waals surface area contributed by atoms with E-state index in [2.05, 4.69) is 10.4 Å². The van der Waals surface area contributed by atoms with E-state index in [4.69, 9.17) is 16.3 Å². The van der Waals surface area contributed by atoms with E-state index < -0.39 is 17.6 Å². The highest BCUT2D eigenvalue weighted by molar-refractivity contribution is 7.20. The van der Waals surface area contributed by atoms with E-state index in [9.17, 15) is 9.59 Å². The molecule has 154 valence electrons. The van der Waals surface area contributed by atoms with Crippen LogP contribution in [0.3, 0.4) is 0 Å². The lowest BCUT2D eigenvalue weighted by Gasteiger charge is -2.23. The predicted octanol–water partition coefficient (Wildman–Crippen LogP) is 4.57. The van der Waals surface area contributed by atoms with E-state index in [1.165, 1.54) is 11.3 Å². The van der Waals surface area contributed by atoms with E-state index in [1.807, 2.05) is 56.6 Å². The summed E-state index contributed by atoms with van der Waals surface area (Å²) in [5, 5.41) is 8.94. The Morgan fingerprint density at radius 3 is 2.66 bits per heavy atom. The molecule has 3 rings (SSSR count). The maximum absolute atomic E-state index is 12.6. The number of fused-ring (bicyclic) bond motifs is 1. The Kier molecular flexibility index (Phi) is 6.00. The van der Waals surface area contributed by atoms with E-state index in [0.29, 0.717) is 16.4 Å². The molecule has 8 heteroatoms. The number of thiophene rings is 1. The summed E-state index contributed by atoms with van der Waals surface area (Å²) < 4.78 is 7.21. The Labute approximate surface area is 178 Å². The van der Waals surface area contributed by atoms with Crippen LogP contribution in [-0.2, 0) is 16.1 Å². The number of hydrogen-bond donors (Lipinski definition) is 1. The van der Waals surface area contributed by atoms with Crippen LogP contribution in [0.25, 0.3) is 10.2 Å². The van der Waals surface area contributed by atoms with Crippen LogP contribution in [0, 0.1) is 6.92 Å². The molecule has 0 saturated carbocycles. The summed E-state index contributed by atoms with van der Waals surface area (Å²) in [7, 11) is 0. The van der Waals surface area contributed by atoms with E-state index in [-0.39, 0.29) is 5.91 Å². The SMILES string of the molecule is Cc1nn(Cc2ccccc2Cl)c2sc(C(=O)OC(C)C(=O)NC(C)(C)C)cc12. The number of aromatic nitrogens is 2. The minimum absolute atomic E-state index is 0.326. The van der Waals surface area contributed by atoms with Gasteiger partial charge in [0.05, 0.1) is 12.2 Å². The number of rotatable bonds is 5. The number of aryl methyl sites for hydroxylation is 1. The van der Waals surface area contributed by atoms with Crippen molar-refractivity contribution in [2.45, 2.75) is 52.8 Å². The number of carbonyl (C=O) groups is 2. The van der Waals surface area contributed by atoms with Gasteiger partial charge in [0.15, 0.2) is 6.10 Å². The number of halogens is 1. The molecule has 6 nitrogen and oxygen atoms in total. The first kappa shape index (κ1) is 21.3. The van der Waals surface area contributed by atoms with Crippen molar-refractivity contribution in [1.29, 1.82) is 0 Å². The fourth-order valence-electron chi connectivity index (χ4n) is 2.85. The van der Waals surface area contributed by atoms with Crippen molar-refractivity contribution >= 4 is 45.0 Å².